The molecule has 1 saturated carbocycles. The third-order valence-electron chi connectivity index (χ3n) is 7.59. The SMILES string of the molecule is COc1cc(F)c(Br)cc1C(=O)N1C[C@H]2C[C@@H]1C[C@H]2NC(=O)[C@H](NC(=O)Cc1ccccc1)c1ccccc1Cl. The smallest absolute Gasteiger partial charge is 0.257 e. The van der Waals surface area contributed by atoms with Crippen LogP contribution in [0.4, 0.5) is 4.39 Å². The van der Waals surface area contributed by atoms with Crippen LogP contribution in [0, 0.1) is 11.7 Å². The number of ether oxygens (including phenoxy) is 1. The van der Waals surface area contributed by atoms with Gasteiger partial charge in [-0.15, -0.1) is 0 Å². The number of hydrogen-bond acceptors (Lipinski definition) is 4. The van der Waals surface area contributed by atoms with Gasteiger partial charge in [0.05, 0.1) is 23.6 Å². The van der Waals surface area contributed by atoms with E-state index < -0.39 is 11.9 Å². The zero-order valence-electron chi connectivity index (χ0n) is 21.7. The molecule has 1 aliphatic heterocycles. The summed E-state index contributed by atoms with van der Waals surface area (Å²) in [4.78, 5) is 41.6. The van der Waals surface area contributed by atoms with Gasteiger partial charge in [-0.2, -0.15) is 0 Å². The lowest BCUT2D eigenvalue weighted by Crippen LogP contribution is -2.50. The van der Waals surface area contributed by atoms with E-state index in [1.165, 1.54) is 19.2 Å². The van der Waals surface area contributed by atoms with E-state index in [4.69, 9.17) is 16.3 Å². The zero-order chi connectivity index (χ0) is 28.4. The van der Waals surface area contributed by atoms with Crippen molar-refractivity contribution < 1.29 is 23.5 Å². The van der Waals surface area contributed by atoms with Gasteiger partial charge in [0.2, 0.25) is 11.8 Å². The van der Waals surface area contributed by atoms with Crippen LogP contribution in [0.15, 0.2) is 71.2 Å². The van der Waals surface area contributed by atoms with Crippen molar-refractivity contribution >= 4 is 45.3 Å². The number of piperidine rings is 1. The molecule has 2 N–H and O–H groups in total. The predicted molar refractivity (Wildman–Crippen MR) is 153 cm³/mol. The summed E-state index contributed by atoms with van der Waals surface area (Å²) in [6.07, 6.45) is 1.43. The normalized spacial score (nSPS) is 20.2. The van der Waals surface area contributed by atoms with Gasteiger partial charge < -0.3 is 20.3 Å². The van der Waals surface area contributed by atoms with E-state index in [0.29, 0.717) is 23.6 Å². The Balaban J connectivity index is 1.28. The molecule has 0 unspecified atom stereocenters. The van der Waals surface area contributed by atoms with Crippen molar-refractivity contribution in [2.24, 2.45) is 5.92 Å². The molecule has 2 bridgehead atoms. The summed E-state index contributed by atoms with van der Waals surface area (Å²) < 4.78 is 19.4. The Labute approximate surface area is 245 Å². The fraction of sp³-hybridized carbons (Fsp3) is 0.300. The molecule has 4 atom stereocenters. The van der Waals surface area contributed by atoms with Crippen LogP contribution < -0.4 is 15.4 Å². The Morgan fingerprint density at radius 1 is 1.10 bits per heavy atom. The number of amides is 3. The number of benzene rings is 3. The molecule has 5 rings (SSSR count). The van der Waals surface area contributed by atoms with Crippen LogP contribution >= 0.6 is 27.5 Å². The van der Waals surface area contributed by atoms with Gasteiger partial charge in [-0.3, -0.25) is 14.4 Å². The second-order valence-electron chi connectivity index (χ2n) is 10.1. The fourth-order valence-corrected chi connectivity index (χ4v) is 6.24. The monoisotopic (exact) mass is 627 g/mol. The van der Waals surface area contributed by atoms with Gasteiger partial charge >= 0.3 is 0 Å². The maximum Gasteiger partial charge on any atom is 0.257 e. The summed E-state index contributed by atoms with van der Waals surface area (Å²) in [6, 6.07) is 17.7. The number of fused-ring (bicyclic) bond motifs is 2. The summed E-state index contributed by atoms with van der Waals surface area (Å²) in [6.45, 7) is 0.448. The van der Waals surface area contributed by atoms with Crippen molar-refractivity contribution in [3.05, 3.63) is 98.7 Å². The number of nitrogens with zero attached hydrogens (tertiary/aromatic N) is 1. The van der Waals surface area contributed by atoms with Crippen molar-refractivity contribution in [1.82, 2.24) is 15.5 Å². The first-order valence-electron chi connectivity index (χ1n) is 13.0. The highest BCUT2D eigenvalue weighted by molar-refractivity contribution is 9.10. The third-order valence-corrected chi connectivity index (χ3v) is 8.55. The molecule has 7 nitrogen and oxygen atoms in total. The number of likely N-dealkylation sites (tertiary alicyclic amines) is 1. The molecule has 0 aromatic heterocycles. The highest BCUT2D eigenvalue weighted by Gasteiger charge is 2.48. The Hall–Kier alpha value is -3.43. The summed E-state index contributed by atoms with van der Waals surface area (Å²) >= 11 is 9.58. The standard InChI is InChI=1S/C30H28BrClFN3O4/c1-40-26-15-24(33)22(31)14-21(26)30(39)36-16-18-12-19(36)13-25(18)34-29(38)28(20-9-5-6-10-23(20)32)35-27(37)11-17-7-3-2-4-8-17/h2-10,14-15,18-19,25,28H,11-13,16H2,1H3,(H,34,38)(H,35,37)/t18-,19-,25-,28-/m1/s1. The first-order valence-corrected chi connectivity index (χ1v) is 14.1. The van der Waals surface area contributed by atoms with E-state index in [1.807, 2.05) is 30.3 Å². The van der Waals surface area contributed by atoms with Crippen LogP contribution in [0.5, 0.6) is 5.75 Å². The number of rotatable bonds is 8. The van der Waals surface area contributed by atoms with Crippen molar-refractivity contribution in [3.8, 4) is 5.75 Å². The lowest BCUT2D eigenvalue weighted by atomic mass is 9.99. The lowest BCUT2D eigenvalue weighted by molar-refractivity contribution is -0.129. The fourth-order valence-electron chi connectivity index (χ4n) is 5.65. The molecule has 2 aliphatic rings. The first-order chi connectivity index (χ1) is 19.2. The Morgan fingerprint density at radius 2 is 1.82 bits per heavy atom. The van der Waals surface area contributed by atoms with E-state index in [9.17, 15) is 18.8 Å². The summed E-state index contributed by atoms with van der Waals surface area (Å²) in [5.41, 5.74) is 1.63. The molecule has 3 aromatic rings. The van der Waals surface area contributed by atoms with Gasteiger partial charge in [0.1, 0.15) is 17.6 Å². The molecule has 2 fully saturated rings. The van der Waals surface area contributed by atoms with E-state index in [2.05, 4.69) is 26.6 Å². The molecule has 40 heavy (non-hydrogen) atoms. The van der Waals surface area contributed by atoms with Gasteiger partial charge in [0.15, 0.2) is 0 Å². The van der Waals surface area contributed by atoms with Gasteiger partial charge in [-0.1, -0.05) is 60.1 Å². The molecule has 1 heterocycles. The minimum Gasteiger partial charge on any atom is -0.496 e. The minimum absolute atomic E-state index is 0.0414. The summed E-state index contributed by atoms with van der Waals surface area (Å²) in [7, 11) is 1.40. The van der Waals surface area contributed by atoms with Crippen LogP contribution in [-0.2, 0) is 16.0 Å². The molecule has 1 aliphatic carbocycles. The number of carbonyl (C=O) groups is 3. The number of carbonyl (C=O) groups excluding carboxylic acids is 3. The molecule has 3 aromatic carbocycles. The molecule has 1 saturated heterocycles. The Morgan fingerprint density at radius 3 is 2.50 bits per heavy atom. The lowest BCUT2D eigenvalue weighted by Gasteiger charge is -2.33. The topological polar surface area (TPSA) is 87.7 Å². The second-order valence-corrected chi connectivity index (χ2v) is 11.4. The van der Waals surface area contributed by atoms with Gasteiger partial charge in [-0.05, 0) is 52.4 Å². The molecule has 208 valence electrons. The highest BCUT2D eigenvalue weighted by Crippen LogP contribution is 2.40. The number of hydrogen-bond donors (Lipinski definition) is 2. The summed E-state index contributed by atoms with van der Waals surface area (Å²) in [5.74, 6) is -1.18. The maximum absolute atomic E-state index is 14.0. The van der Waals surface area contributed by atoms with Crippen molar-refractivity contribution in [3.63, 3.8) is 0 Å². The van der Waals surface area contributed by atoms with Crippen molar-refractivity contribution in [2.45, 2.75) is 37.4 Å². The molecular formula is C30H28BrClFN3O4. The molecule has 0 radical (unpaired) electrons. The average molecular weight is 629 g/mol. The maximum atomic E-state index is 14.0. The van der Waals surface area contributed by atoms with E-state index in [-0.39, 0.29) is 57.9 Å². The minimum atomic E-state index is -0.970. The molecule has 3 amide bonds. The number of halogens is 3. The van der Waals surface area contributed by atoms with Crippen molar-refractivity contribution in [1.29, 1.82) is 0 Å². The Bertz CT molecular complexity index is 1440. The van der Waals surface area contributed by atoms with Gasteiger partial charge in [0.25, 0.3) is 5.91 Å². The predicted octanol–water partition coefficient (Wildman–Crippen LogP) is 5.07. The third kappa shape index (κ3) is 5.86. The van der Waals surface area contributed by atoms with E-state index in [0.717, 1.165) is 12.0 Å². The zero-order valence-corrected chi connectivity index (χ0v) is 24.0. The van der Waals surface area contributed by atoms with Gasteiger partial charge in [0, 0.05) is 35.3 Å². The van der Waals surface area contributed by atoms with Crippen LogP contribution in [0.25, 0.3) is 0 Å². The number of nitrogens with one attached hydrogen (secondary N) is 2. The van der Waals surface area contributed by atoms with Crippen LogP contribution in [0.1, 0.15) is 40.4 Å². The largest absolute Gasteiger partial charge is 0.496 e. The summed E-state index contributed by atoms with van der Waals surface area (Å²) in [5, 5.41) is 6.36. The Kier molecular flexibility index (Phi) is 8.42. The molecular weight excluding hydrogens is 601 g/mol. The average Bonchev–Trinajstić information content (AvgIpc) is 3.54. The van der Waals surface area contributed by atoms with Crippen LogP contribution in [0.2, 0.25) is 5.02 Å². The van der Waals surface area contributed by atoms with Crippen molar-refractivity contribution in [2.75, 3.05) is 13.7 Å². The van der Waals surface area contributed by atoms with Crippen LogP contribution in [-0.4, -0.2) is 48.4 Å². The highest BCUT2D eigenvalue weighted by atomic mass is 79.9. The molecule has 0 spiro atoms. The quantitative estimate of drug-likeness (QED) is 0.365. The van der Waals surface area contributed by atoms with E-state index in [1.54, 1.807) is 29.2 Å². The van der Waals surface area contributed by atoms with Crippen LogP contribution in [0.3, 0.4) is 0 Å². The first kappa shape index (κ1) is 28.1. The van der Waals surface area contributed by atoms with Gasteiger partial charge in [-0.25, -0.2) is 4.39 Å². The molecule has 10 heteroatoms. The number of methoxy groups -OCH3 is 1. The second kappa shape index (κ2) is 12.0. The van der Waals surface area contributed by atoms with E-state index >= 15 is 0 Å².